The molecule has 84 valence electrons. The Morgan fingerprint density at radius 3 is 2.13 bits per heavy atom. The topological polar surface area (TPSA) is 9.23 Å². The van der Waals surface area contributed by atoms with Gasteiger partial charge in [0.2, 0.25) is 0 Å². The smallest absolute Gasteiger partial charge is 0.308 e. The monoisotopic (exact) mass is 222 g/mol. The van der Waals surface area contributed by atoms with Crippen LogP contribution in [0.2, 0.25) is 0 Å². The van der Waals surface area contributed by atoms with Crippen LogP contribution in [0, 0.1) is 0 Å². The molecular formula is C10H10F4O. The molecule has 0 bridgehead atoms. The predicted octanol–water partition coefficient (Wildman–Crippen LogP) is 3.62. The zero-order valence-electron chi connectivity index (χ0n) is 7.96. The molecule has 0 saturated carbocycles. The number of hydrogen-bond acceptors (Lipinski definition) is 1. The van der Waals surface area contributed by atoms with Gasteiger partial charge < -0.3 is 4.74 Å². The van der Waals surface area contributed by atoms with Crippen LogP contribution >= 0.6 is 0 Å². The second-order valence-corrected chi connectivity index (χ2v) is 3.03. The molecule has 1 aromatic rings. The van der Waals surface area contributed by atoms with Gasteiger partial charge in [-0.2, -0.15) is 8.78 Å². The molecule has 0 aliphatic rings. The van der Waals surface area contributed by atoms with E-state index in [2.05, 4.69) is 4.74 Å². The largest absolute Gasteiger partial charge is 0.417 e. The van der Waals surface area contributed by atoms with E-state index in [1.54, 1.807) is 18.2 Å². The first-order chi connectivity index (χ1) is 6.93. The van der Waals surface area contributed by atoms with Crippen molar-refractivity contribution in [2.24, 2.45) is 0 Å². The molecular weight excluding hydrogens is 212 g/mol. The van der Waals surface area contributed by atoms with Crippen LogP contribution in [0.4, 0.5) is 17.6 Å². The molecule has 0 heterocycles. The van der Waals surface area contributed by atoms with Gasteiger partial charge in [-0.15, -0.1) is 0 Å². The Morgan fingerprint density at radius 2 is 1.67 bits per heavy atom. The van der Waals surface area contributed by atoms with E-state index in [0.29, 0.717) is 5.56 Å². The summed E-state index contributed by atoms with van der Waals surface area (Å²) >= 11 is 0. The first-order valence-corrected chi connectivity index (χ1v) is 4.32. The van der Waals surface area contributed by atoms with Crippen LogP contribution < -0.4 is 0 Å². The quantitative estimate of drug-likeness (QED) is 0.707. The van der Waals surface area contributed by atoms with Gasteiger partial charge in [-0.1, -0.05) is 30.3 Å². The molecule has 0 aliphatic heterocycles. The maximum atomic E-state index is 12.5. The number of hydrogen-bond donors (Lipinski definition) is 0. The van der Waals surface area contributed by atoms with Gasteiger partial charge in [-0.3, -0.25) is 0 Å². The normalized spacial score (nSPS) is 14.3. The van der Waals surface area contributed by atoms with E-state index in [1.165, 1.54) is 19.1 Å². The Hall–Kier alpha value is -1.10. The Morgan fingerprint density at radius 1 is 1.13 bits per heavy atom. The summed E-state index contributed by atoms with van der Waals surface area (Å²) in [5.74, 6) is 0. The van der Waals surface area contributed by atoms with E-state index in [-0.39, 0.29) is 0 Å². The summed E-state index contributed by atoms with van der Waals surface area (Å²) in [5, 5.41) is 0. The number of rotatable bonds is 4. The lowest BCUT2D eigenvalue weighted by Crippen LogP contribution is -2.31. The predicted molar refractivity (Wildman–Crippen MR) is 46.9 cm³/mol. The van der Waals surface area contributed by atoms with Crippen molar-refractivity contribution >= 4 is 0 Å². The molecule has 1 nitrogen and oxygen atoms in total. The standard InChI is InChI=1S/C10H10F4O/c1-7(8-5-3-2-4-6-8)15-10(13,14)9(11)12/h2-7,9H,1H3. The van der Waals surface area contributed by atoms with Crippen LogP contribution in [0.25, 0.3) is 0 Å². The molecule has 5 heteroatoms. The van der Waals surface area contributed by atoms with Crippen LogP contribution in [-0.2, 0) is 4.74 Å². The van der Waals surface area contributed by atoms with Crippen LogP contribution in [0.3, 0.4) is 0 Å². The Kier molecular flexibility index (Phi) is 3.68. The molecule has 1 aromatic carbocycles. The van der Waals surface area contributed by atoms with Crippen molar-refractivity contribution in [1.82, 2.24) is 0 Å². The van der Waals surface area contributed by atoms with Gasteiger partial charge in [0.25, 0.3) is 0 Å². The minimum atomic E-state index is -4.41. The number of benzene rings is 1. The fourth-order valence-corrected chi connectivity index (χ4v) is 1.08. The highest BCUT2D eigenvalue weighted by molar-refractivity contribution is 5.16. The maximum absolute atomic E-state index is 12.5. The third-order valence-corrected chi connectivity index (χ3v) is 1.86. The lowest BCUT2D eigenvalue weighted by molar-refractivity contribution is -0.317. The van der Waals surface area contributed by atoms with Crippen LogP contribution in [-0.4, -0.2) is 12.5 Å². The van der Waals surface area contributed by atoms with Gasteiger partial charge in [0, 0.05) is 0 Å². The average Bonchev–Trinajstić information content (AvgIpc) is 2.18. The first kappa shape index (κ1) is 12.0. The SMILES string of the molecule is CC(OC(F)(F)C(F)F)c1ccccc1. The van der Waals surface area contributed by atoms with Gasteiger partial charge in [-0.05, 0) is 12.5 Å². The molecule has 1 rings (SSSR count). The molecule has 1 atom stereocenters. The lowest BCUT2D eigenvalue weighted by atomic mass is 10.1. The highest BCUT2D eigenvalue weighted by atomic mass is 19.3. The molecule has 1 unspecified atom stereocenters. The molecule has 0 aliphatic carbocycles. The second kappa shape index (κ2) is 4.61. The van der Waals surface area contributed by atoms with Gasteiger partial charge in [0.15, 0.2) is 0 Å². The lowest BCUT2D eigenvalue weighted by Gasteiger charge is -2.21. The summed E-state index contributed by atoms with van der Waals surface area (Å²) < 4.78 is 52.6. The van der Waals surface area contributed by atoms with E-state index >= 15 is 0 Å². The molecule has 15 heavy (non-hydrogen) atoms. The Labute approximate surface area is 84.7 Å². The molecule has 0 spiro atoms. The molecule has 0 saturated heterocycles. The van der Waals surface area contributed by atoms with Crippen LogP contribution in [0.15, 0.2) is 30.3 Å². The third kappa shape index (κ3) is 3.20. The molecule has 0 amide bonds. The van der Waals surface area contributed by atoms with Gasteiger partial charge in [-0.25, -0.2) is 8.78 Å². The summed E-state index contributed by atoms with van der Waals surface area (Å²) in [6.45, 7) is 1.30. The fourth-order valence-electron chi connectivity index (χ4n) is 1.08. The summed E-state index contributed by atoms with van der Waals surface area (Å²) in [7, 11) is 0. The van der Waals surface area contributed by atoms with Crippen molar-refractivity contribution in [3.63, 3.8) is 0 Å². The van der Waals surface area contributed by atoms with Crippen molar-refractivity contribution < 1.29 is 22.3 Å². The summed E-state index contributed by atoms with van der Waals surface area (Å²) in [6, 6.07) is 8.01. The van der Waals surface area contributed by atoms with E-state index in [9.17, 15) is 17.6 Å². The number of ether oxygens (including phenoxy) is 1. The van der Waals surface area contributed by atoms with Crippen molar-refractivity contribution in [2.45, 2.75) is 25.6 Å². The van der Waals surface area contributed by atoms with Gasteiger partial charge >= 0.3 is 12.5 Å². The van der Waals surface area contributed by atoms with Gasteiger partial charge in [0.05, 0.1) is 6.10 Å². The fraction of sp³-hybridized carbons (Fsp3) is 0.400. The van der Waals surface area contributed by atoms with Crippen molar-refractivity contribution in [1.29, 1.82) is 0 Å². The van der Waals surface area contributed by atoms with E-state index in [4.69, 9.17) is 0 Å². The summed E-state index contributed by atoms with van der Waals surface area (Å²) in [5.41, 5.74) is 0.429. The van der Waals surface area contributed by atoms with E-state index < -0.39 is 18.6 Å². The van der Waals surface area contributed by atoms with Crippen LogP contribution in [0.1, 0.15) is 18.6 Å². The van der Waals surface area contributed by atoms with E-state index in [0.717, 1.165) is 0 Å². The summed E-state index contributed by atoms with van der Waals surface area (Å²) in [6.07, 6.45) is -9.30. The third-order valence-electron chi connectivity index (χ3n) is 1.86. The zero-order chi connectivity index (χ0) is 11.5. The first-order valence-electron chi connectivity index (χ1n) is 4.32. The number of alkyl halides is 4. The van der Waals surface area contributed by atoms with Crippen molar-refractivity contribution in [2.75, 3.05) is 0 Å². The van der Waals surface area contributed by atoms with Crippen molar-refractivity contribution in [3.8, 4) is 0 Å². The molecule has 0 radical (unpaired) electrons. The zero-order valence-corrected chi connectivity index (χ0v) is 7.96. The van der Waals surface area contributed by atoms with E-state index in [1.807, 2.05) is 0 Å². The Bertz CT molecular complexity index is 300. The van der Waals surface area contributed by atoms with Crippen molar-refractivity contribution in [3.05, 3.63) is 35.9 Å². The minimum Gasteiger partial charge on any atom is -0.308 e. The Balaban J connectivity index is 2.68. The molecule has 0 N–H and O–H groups in total. The summed E-state index contributed by atoms with van der Waals surface area (Å²) in [4.78, 5) is 0. The highest BCUT2D eigenvalue weighted by Gasteiger charge is 2.43. The molecule has 0 aromatic heterocycles. The minimum absolute atomic E-state index is 0.429. The highest BCUT2D eigenvalue weighted by Crippen LogP contribution is 2.31. The maximum Gasteiger partial charge on any atom is 0.417 e. The molecule has 0 fully saturated rings. The second-order valence-electron chi connectivity index (χ2n) is 3.03. The van der Waals surface area contributed by atoms with Gasteiger partial charge in [0.1, 0.15) is 0 Å². The van der Waals surface area contributed by atoms with Crippen LogP contribution in [0.5, 0.6) is 0 Å². The number of halogens is 4. The average molecular weight is 222 g/mol.